The van der Waals surface area contributed by atoms with Gasteiger partial charge in [0.15, 0.2) is 5.78 Å². The smallest absolute Gasteiger partial charge is 0.160 e. The number of ketones is 1. The van der Waals surface area contributed by atoms with E-state index in [1.54, 1.807) is 6.92 Å². The molecule has 1 nitrogen and oxygen atoms in total. The van der Waals surface area contributed by atoms with E-state index in [1.807, 2.05) is 18.2 Å². The van der Waals surface area contributed by atoms with Crippen molar-refractivity contribution in [1.82, 2.24) is 0 Å². The maximum atomic E-state index is 12.1. The highest BCUT2D eigenvalue weighted by Gasteiger charge is 2.20. The Labute approximate surface area is 113 Å². The maximum Gasteiger partial charge on any atom is 0.160 e. The van der Waals surface area contributed by atoms with Crippen molar-refractivity contribution in [3.63, 3.8) is 0 Å². The summed E-state index contributed by atoms with van der Waals surface area (Å²) in [7, 11) is 0. The average Bonchev–Trinajstić information content (AvgIpc) is 2.83. The molecule has 1 heteroatoms. The van der Waals surface area contributed by atoms with Gasteiger partial charge in [-0.1, -0.05) is 60.2 Å². The highest BCUT2D eigenvalue weighted by Crippen LogP contribution is 2.35. The first-order valence-electron chi connectivity index (χ1n) is 6.56. The lowest BCUT2D eigenvalue weighted by molar-refractivity contribution is 0.101. The number of rotatable bonds is 2. The van der Waals surface area contributed by atoms with Gasteiger partial charge >= 0.3 is 0 Å². The van der Waals surface area contributed by atoms with Crippen LogP contribution in [0, 0.1) is 0 Å². The zero-order valence-electron chi connectivity index (χ0n) is 11.2. The summed E-state index contributed by atoms with van der Waals surface area (Å²) in [6.45, 7) is 3.77. The fourth-order valence-electron chi connectivity index (χ4n) is 2.86. The van der Waals surface area contributed by atoms with Crippen LogP contribution >= 0.6 is 0 Å². The number of benzene rings is 2. The molecular formula is C18H16O. The zero-order chi connectivity index (χ0) is 13.4. The molecule has 0 fully saturated rings. The van der Waals surface area contributed by atoms with Gasteiger partial charge in [0.05, 0.1) is 0 Å². The average molecular weight is 248 g/mol. The third-order valence-electron chi connectivity index (χ3n) is 3.80. The van der Waals surface area contributed by atoms with Crippen molar-refractivity contribution in [2.45, 2.75) is 19.8 Å². The summed E-state index contributed by atoms with van der Waals surface area (Å²) in [4.78, 5) is 12.1. The molecule has 1 aliphatic rings. The van der Waals surface area contributed by atoms with E-state index in [9.17, 15) is 4.79 Å². The highest BCUT2D eigenvalue weighted by molar-refractivity contribution is 6.08. The summed E-state index contributed by atoms with van der Waals surface area (Å²) in [5.74, 6) is 0.378. The lowest BCUT2D eigenvalue weighted by atomic mass is 9.86. The SMILES string of the molecule is CC(=O)c1c(C2C=CC=C2C)ccc2ccccc12. The Balaban J connectivity index is 2.31. The third kappa shape index (κ3) is 1.91. The highest BCUT2D eigenvalue weighted by atomic mass is 16.1. The van der Waals surface area contributed by atoms with Crippen molar-refractivity contribution in [3.05, 3.63) is 71.3 Å². The molecule has 2 aromatic rings. The molecule has 1 unspecified atom stereocenters. The van der Waals surface area contributed by atoms with E-state index in [2.05, 4.69) is 43.4 Å². The quantitative estimate of drug-likeness (QED) is 0.707. The van der Waals surface area contributed by atoms with Crippen LogP contribution in [0.15, 0.2) is 60.2 Å². The van der Waals surface area contributed by atoms with Crippen molar-refractivity contribution < 1.29 is 4.79 Å². The molecule has 2 aromatic carbocycles. The summed E-state index contributed by atoms with van der Waals surface area (Å²) < 4.78 is 0. The second kappa shape index (κ2) is 4.51. The van der Waals surface area contributed by atoms with Gasteiger partial charge in [-0.25, -0.2) is 0 Å². The van der Waals surface area contributed by atoms with Gasteiger partial charge in [0, 0.05) is 11.5 Å². The van der Waals surface area contributed by atoms with E-state index < -0.39 is 0 Å². The fraction of sp³-hybridized carbons (Fsp3) is 0.167. The van der Waals surface area contributed by atoms with Gasteiger partial charge in [-0.15, -0.1) is 0 Å². The summed E-state index contributed by atoms with van der Waals surface area (Å²) in [6.07, 6.45) is 6.34. The predicted octanol–water partition coefficient (Wildman–Crippen LogP) is 4.64. The second-order valence-electron chi connectivity index (χ2n) is 5.08. The molecule has 3 rings (SSSR count). The van der Waals surface area contributed by atoms with E-state index in [1.165, 1.54) is 5.57 Å². The molecule has 1 aliphatic carbocycles. The number of allylic oxidation sites excluding steroid dienone is 4. The molecule has 19 heavy (non-hydrogen) atoms. The van der Waals surface area contributed by atoms with Crippen LogP contribution in [0.2, 0.25) is 0 Å². The minimum Gasteiger partial charge on any atom is -0.294 e. The van der Waals surface area contributed by atoms with Crippen LogP contribution in [-0.4, -0.2) is 5.78 Å². The molecule has 0 saturated carbocycles. The molecule has 0 radical (unpaired) electrons. The number of carbonyl (C=O) groups is 1. The standard InChI is InChI=1S/C18H16O/c1-12-6-5-9-15(12)17-11-10-14-7-3-4-8-16(14)18(17)13(2)19/h3-11,15H,1-2H3. The molecule has 0 aliphatic heterocycles. The number of Topliss-reactive ketones (excluding diaryl/α,β-unsaturated/α-hetero) is 1. The van der Waals surface area contributed by atoms with Crippen LogP contribution in [0.25, 0.3) is 10.8 Å². The third-order valence-corrected chi connectivity index (χ3v) is 3.80. The Morgan fingerprint density at radius 2 is 1.89 bits per heavy atom. The summed E-state index contributed by atoms with van der Waals surface area (Å²) in [6, 6.07) is 12.3. The van der Waals surface area contributed by atoms with Crippen molar-refractivity contribution in [2.24, 2.45) is 0 Å². The first-order valence-corrected chi connectivity index (χ1v) is 6.56. The molecule has 0 spiro atoms. The van der Waals surface area contributed by atoms with Crippen molar-refractivity contribution in [3.8, 4) is 0 Å². The largest absolute Gasteiger partial charge is 0.294 e. The van der Waals surface area contributed by atoms with E-state index in [4.69, 9.17) is 0 Å². The Hall–Kier alpha value is -2.15. The van der Waals surface area contributed by atoms with Gasteiger partial charge in [-0.05, 0) is 30.2 Å². The van der Waals surface area contributed by atoms with Crippen LogP contribution in [0.3, 0.4) is 0 Å². The van der Waals surface area contributed by atoms with Gasteiger partial charge in [-0.3, -0.25) is 4.79 Å². The normalized spacial score (nSPS) is 17.8. The first-order chi connectivity index (χ1) is 9.18. The Morgan fingerprint density at radius 1 is 1.11 bits per heavy atom. The van der Waals surface area contributed by atoms with Gasteiger partial charge < -0.3 is 0 Å². The number of hydrogen-bond donors (Lipinski definition) is 0. The van der Waals surface area contributed by atoms with Crippen molar-refractivity contribution in [2.75, 3.05) is 0 Å². The van der Waals surface area contributed by atoms with Gasteiger partial charge in [0.1, 0.15) is 0 Å². The van der Waals surface area contributed by atoms with Crippen LogP contribution < -0.4 is 0 Å². The molecule has 0 saturated heterocycles. The fourth-order valence-corrected chi connectivity index (χ4v) is 2.86. The van der Waals surface area contributed by atoms with Gasteiger partial charge in [0.25, 0.3) is 0 Å². The lowest BCUT2D eigenvalue weighted by Gasteiger charge is -2.16. The van der Waals surface area contributed by atoms with E-state index in [0.29, 0.717) is 0 Å². The maximum absolute atomic E-state index is 12.1. The van der Waals surface area contributed by atoms with Gasteiger partial charge in [0.2, 0.25) is 0 Å². The minimum absolute atomic E-state index is 0.139. The molecule has 0 N–H and O–H groups in total. The van der Waals surface area contributed by atoms with Crippen molar-refractivity contribution in [1.29, 1.82) is 0 Å². The molecule has 0 heterocycles. The lowest BCUT2D eigenvalue weighted by Crippen LogP contribution is -2.05. The predicted molar refractivity (Wildman–Crippen MR) is 79.6 cm³/mol. The second-order valence-corrected chi connectivity index (χ2v) is 5.08. The molecule has 0 aromatic heterocycles. The number of hydrogen-bond acceptors (Lipinski definition) is 1. The molecule has 94 valence electrons. The minimum atomic E-state index is 0.139. The monoisotopic (exact) mass is 248 g/mol. The van der Waals surface area contributed by atoms with Crippen LogP contribution in [-0.2, 0) is 0 Å². The molecule has 0 bridgehead atoms. The topological polar surface area (TPSA) is 17.1 Å². The summed E-state index contributed by atoms with van der Waals surface area (Å²) in [5, 5.41) is 2.18. The Kier molecular flexibility index (Phi) is 2.83. The summed E-state index contributed by atoms with van der Waals surface area (Å²) in [5.41, 5.74) is 3.27. The molecular weight excluding hydrogens is 232 g/mol. The molecule has 1 atom stereocenters. The van der Waals surface area contributed by atoms with Crippen LogP contribution in [0.5, 0.6) is 0 Å². The van der Waals surface area contributed by atoms with Crippen LogP contribution in [0.4, 0.5) is 0 Å². The van der Waals surface area contributed by atoms with Crippen molar-refractivity contribution >= 4 is 16.6 Å². The zero-order valence-corrected chi connectivity index (χ0v) is 11.2. The van der Waals surface area contributed by atoms with Gasteiger partial charge in [-0.2, -0.15) is 0 Å². The summed E-state index contributed by atoms with van der Waals surface area (Å²) >= 11 is 0. The first kappa shape index (κ1) is 11.9. The van der Waals surface area contributed by atoms with E-state index in [0.717, 1.165) is 21.9 Å². The number of carbonyl (C=O) groups excluding carboxylic acids is 1. The number of fused-ring (bicyclic) bond motifs is 1. The van der Waals surface area contributed by atoms with E-state index in [-0.39, 0.29) is 11.7 Å². The van der Waals surface area contributed by atoms with Crippen LogP contribution in [0.1, 0.15) is 35.7 Å². The van der Waals surface area contributed by atoms with E-state index >= 15 is 0 Å². The molecule has 0 amide bonds. The Morgan fingerprint density at radius 3 is 2.58 bits per heavy atom. The Bertz CT molecular complexity index is 720.